The van der Waals surface area contributed by atoms with Crippen LogP contribution in [0.3, 0.4) is 0 Å². The summed E-state index contributed by atoms with van der Waals surface area (Å²) in [5.74, 6) is -0.965. The summed E-state index contributed by atoms with van der Waals surface area (Å²) in [6.07, 6.45) is 0. The molecule has 2 amide bonds. The summed E-state index contributed by atoms with van der Waals surface area (Å²) >= 11 is 1.15. The first-order chi connectivity index (χ1) is 9.22. The van der Waals surface area contributed by atoms with Crippen LogP contribution in [0.2, 0.25) is 0 Å². The Kier molecular flexibility index (Phi) is 5.32. The molecule has 1 unspecified atom stereocenters. The van der Waals surface area contributed by atoms with Gasteiger partial charge in [0.05, 0.1) is 0 Å². The summed E-state index contributed by atoms with van der Waals surface area (Å²) in [6.45, 7) is 7.52. The van der Waals surface area contributed by atoms with Gasteiger partial charge >= 0.3 is 0 Å². The van der Waals surface area contributed by atoms with Crippen LogP contribution in [0.1, 0.15) is 37.4 Å². The molecule has 1 atom stereocenters. The van der Waals surface area contributed by atoms with E-state index in [1.165, 1.54) is 0 Å². The van der Waals surface area contributed by atoms with Crippen molar-refractivity contribution in [2.45, 2.75) is 39.8 Å². The number of hydrogen-bond donors (Lipinski definition) is 4. The van der Waals surface area contributed by atoms with Crippen molar-refractivity contribution in [1.29, 1.82) is 0 Å². The van der Waals surface area contributed by atoms with Gasteiger partial charge in [-0.25, -0.2) is 4.98 Å². The normalized spacial score (nSPS) is 12.5. The maximum Gasteiger partial charge on any atom is 0.265 e. The summed E-state index contributed by atoms with van der Waals surface area (Å²) in [5.41, 5.74) is 11.0. The molecule has 0 aliphatic heterocycles. The van der Waals surface area contributed by atoms with Crippen LogP contribution in [-0.4, -0.2) is 28.9 Å². The van der Waals surface area contributed by atoms with Crippen LogP contribution in [0.25, 0.3) is 0 Å². The van der Waals surface area contributed by atoms with Crippen LogP contribution in [-0.2, 0) is 4.79 Å². The second-order valence-electron chi connectivity index (χ2n) is 5.13. The number of aromatic nitrogens is 1. The van der Waals surface area contributed by atoms with E-state index in [4.69, 9.17) is 11.5 Å². The van der Waals surface area contributed by atoms with E-state index in [-0.39, 0.29) is 22.7 Å². The zero-order valence-corrected chi connectivity index (χ0v) is 12.9. The second kappa shape index (κ2) is 6.56. The summed E-state index contributed by atoms with van der Waals surface area (Å²) in [6, 6.07) is -0.545. The molecule has 0 aliphatic carbocycles. The van der Waals surface area contributed by atoms with E-state index in [1.807, 2.05) is 13.8 Å². The van der Waals surface area contributed by atoms with Gasteiger partial charge in [-0.05, 0) is 19.8 Å². The van der Waals surface area contributed by atoms with Crippen LogP contribution >= 0.6 is 11.3 Å². The number of primary amides is 1. The largest absolute Gasteiger partial charge is 0.382 e. The molecular formula is C12H21N5O2S. The SMILES string of the molecule is CC(C)Nc1nc(N)c(C(=O)NC(C(N)=O)C(C)C)s1. The van der Waals surface area contributed by atoms with Gasteiger partial charge in [0.1, 0.15) is 16.7 Å². The predicted molar refractivity (Wildman–Crippen MR) is 80.6 cm³/mol. The molecule has 0 fully saturated rings. The predicted octanol–water partition coefficient (Wildman–Crippen LogP) is 0.785. The van der Waals surface area contributed by atoms with Crippen molar-refractivity contribution in [3.05, 3.63) is 4.88 Å². The number of nitrogen functional groups attached to an aromatic ring is 1. The van der Waals surface area contributed by atoms with Crippen LogP contribution in [0.4, 0.5) is 10.9 Å². The summed E-state index contributed by atoms with van der Waals surface area (Å²) < 4.78 is 0. The highest BCUT2D eigenvalue weighted by atomic mass is 32.1. The fourth-order valence-corrected chi connectivity index (χ4v) is 2.51. The van der Waals surface area contributed by atoms with Crippen molar-refractivity contribution in [1.82, 2.24) is 10.3 Å². The summed E-state index contributed by atoms with van der Waals surface area (Å²) in [7, 11) is 0. The molecular weight excluding hydrogens is 278 g/mol. The molecule has 7 nitrogen and oxygen atoms in total. The van der Waals surface area contributed by atoms with Crippen LogP contribution in [0.15, 0.2) is 0 Å². The Morgan fingerprint density at radius 1 is 1.25 bits per heavy atom. The molecule has 0 saturated heterocycles. The number of anilines is 2. The Morgan fingerprint density at radius 2 is 1.85 bits per heavy atom. The smallest absolute Gasteiger partial charge is 0.265 e. The van der Waals surface area contributed by atoms with Crippen molar-refractivity contribution in [3.63, 3.8) is 0 Å². The molecule has 0 aromatic carbocycles. The number of hydrogen-bond acceptors (Lipinski definition) is 6. The Bertz CT molecular complexity index is 498. The number of amides is 2. The highest BCUT2D eigenvalue weighted by Crippen LogP contribution is 2.25. The Morgan fingerprint density at radius 3 is 2.30 bits per heavy atom. The first kappa shape index (κ1) is 16.2. The third-order valence-corrected chi connectivity index (χ3v) is 3.53. The minimum Gasteiger partial charge on any atom is -0.382 e. The Balaban J connectivity index is 2.86. The molecule has 1 heterocycles. The van der Waals surface area contributed by atoms with Gasteiger partial charge in [-0.3, -0.25) is 9.59 Å². The fraction of sp³-hybridized carbons (Fsp3) is 0.583. The van der Waals surface area contributed by atoms with E-state index in [1.54, 1.807) is 13.8 Å². The average molecular weight is 299 g/mol. The van der Waals surface area contributed by atoms with Crippen molar-refractivity contribution in [2.24, 2.45) is 11.7 Å². The van der Waals surface area contributed by atoms with E-state index in [2.05, 4.69) is 15.6 Å². The molecule has 0 saturated carbocycles. The quantitative estimate of drug-likeness (QED) is 0.618. The maximum atomic E-state index is 12.1. The van der Waals surface area contributed by atoms with Gasteiger partial charge in [0.15, 0.2) is 5.13 Å². The number of rotatable bonds is 6. The molecule has 0 aliphatic rings. The zero-order chi connectivity index (χ0) is 15.4. The van der Waals surface area contributed by atoms with Crippen LogP contribution in [0.5, 0.6) is 0 Å². The van der Waals surface area contributed by atoms with Crippen molar-refractivity contribution in [2.75, 3.05) is 11.1 Å². The van der Waals surface area contributed by atoms with Gasteiger partial charge in [-0.1, -0.05) is 25.2 Å². The second-order valence-corrected chi connectivity index (χ2v) is 6.13. The maximum absolute atomic E-state index is 12.1. The van der Waals surface area contributed by atoms with E-state index in [0.717, 1.165) is 11.3 Å². The molecule has 0 bridgehead atoms. The minimum absolute atomic E-state index is 0.0983. The van der Waals surface area contributed by atoms with Crippen molar-refractivity contribution in [3.8, 4) is 0 Å². The standard InChI is InChI=1S/C12H21N5O2S/c1-5(2)7(10(14)18)16-11(19)8-9(13)17-12(20-8)15-6(3)4/h5-7H,13H2,1-4H3,(H2,14,18)(H,15,17)(H,16,19). The molecule has 20 heavy (non-hydrogen) atoms. The molecule has 6 N–H and O–H groups in total. The lowest BCUT2D eigenvalue weighted by Gasteiger charge is -2.18. The fourth-order valence-electron chi connectivity index (χ4n) is 1.58. The molecule has 8 heteroatoms. The molecule has 1 aromatic heterocycles. The monoisotopic (exact) mass is 299 g/mol. The highest BCUT2D eigenvalue weighted by Gasteiger charge is 2.25. The molecule has 0 radical (unpaired) electrons. The van der Waals surface area contributed by atoms with Gasteiger partial charge in [0.25, 0.3) is 5.91 Å². The highest BCUT2D eigenvalue weighted by molar-refractivity contribution is 7.18. The van der Waals surface area contributed by atoms with Crippen molar-refractivity contribution >= 4 is 34.1 Å². The van der Waals surface area contributed by atoms with Gasteiger partial charge in [-0.2, -0.15) is 0 Å². The third kappa shape index (κ3) is 4.09. The molecule has 0 spiro atoms. The van der Waals surface area contributed by atoms with E-state index >= 15 is 0 Å². The van der Waals surface area contributed by atoms with Gasteiger partial charge in [0.2, 0.25) is 5.91 Å². The lowest BCUT2D eigenvalue weighted by molar-refractivity contribution is -0.120. The molecule has 1 aromatic rings. The van der Waals surface area contributed by atoms with Gasteiger partial charge in [0, 0.05) is 6.04 Å². The van der Waals surface area contributed by atoms with Crippen LogP contribution < -0.4 is 22.1 Å². The van der Waals surface area contributed by atoms with E-state index < -0.39 is 17.9 Å². The zero-order valence-electron chi connectivity index (χ0n) is 12.1. The average Bonchev–Trinajstić information content (AvgIpc) is 2.64. The number of carbonyl (C=O) groups excluding carboxylic acids is 2. The molecule has 112 valence electrons. The first-order valence-electron chi connectivity index (χ1n) is 6.35. The van der Waals surface area contributed by atoms with Crippen LogP contribution in [0, 0.1) is 5.92 Å². The lowest BCUT2D eigenvalue weighted by Crippen LogP contribution is -2.47. The number of nitrogens with zero attached hydrogens (tertiary/aromatic N) is 1. The Labute approximate surface area is 122 Å². The van der Waals surface area contributed by atoms with E-state index in [9.17, 15) is 9.59 Å². The number of thiazole rings is 1. The number of nitrogens with two attached hydrogens (primary N) is 2. The number of nitrogens with one attached hydrogen (secondary N) is 2. The van der Waals surface area contributed by atoms with E-state index in [0.29, 0.717) is 5.13 Å². The van der Waals surface area contributed by atoms with Crippen molar-refractivity contribution < 1.29 is 9.59 Å². The third-order valence-electron chi connectivity index (χ3n) is 2.53. The number of carbonyl (C=O) groups is 2. The minimum atomic E-state index is -0.731. The summed E-state index contributed by atoms with van der Waals surface area (Å²) in [5, 5.41) is 6.24. The first-order valence-corrected chi connectivity index (χ1v) is 7.17. The summed E-state index contributed by atoms with van der Waals surface area (Å²) in [4.78, 5) is 27.8. The topological polar surface area (TPSA) is 123 Å². The lowest BCUT2D eigenvalue weighted by atomic mass is 10.0. The van der Waals surface area contributed by atoms with Gasteiger partial charge < -0.3 is 22.1 Å². The Hall–Kier alpha value is -1.83. The molecule has 1 rings (SSSR count). The van der Waals surface area contributed by atoms with Gasteiger partial charge in [-0.15, -0.1) is 0 Å².